The Kier molecular flexibility index (Phi) is 3.45. The Labute approximate surface area is 69.8 Å². The highest BCUT2D eigenvalue weighted by Crippen LogP contribution is 2.11. The molecule has 1 heterocycles. The molecule has 0 aliphatic carbocycles. The van der Waals surface area contributed by atoms with Gasteiger partial charge in [-0.3, -0.25) is 0 Å². The SMILES string of the molecule is Cc1cc(CSCCO)on1. The van der Waals surface area contributed by atoms with Gasteiger partial charge in [-0.05, 0) is 6.92 Å². The molecule has 0 spiro atoms. The summed E-state index contributed by atoms with van der Waals surface area (Å²) in [5.74, 6) is 2.42. The van der Waals surface area contributed by atoms with Crippen LogP contribution in [0.15, 0.2) is 10.6 Å². The first-order valence-electron chi connectivity index (χ1n) is 3.43. The molecule has 0 radical (unpaired) electrons. The Bertz CT molecular complexity index is 212. The molecule has 0 aliphatic heterocycles. The minimum Gasteiger partial charge on any atom is -0.396 e. The van der Waals surface area contributed by atoms with Crippen LogP contribution in [0.2, 0.25) is 0 Å². The van der Waals surface area contributed by atoms with E-state index < -0.39 is 0 Å². The maximum Gasteiger partial charge on any atom is 0.146 e. The highest BCUT2D eigenvalue weighted by atomic mass is 32.2. The number of aryl methyl sites for hydroxylation is 1. The van der Waals surface area contributed by atoms with E-state index in [1.165, 1.54) is 0 Å². The zero-order valence-electron chi connectivity index (χ0n) is 6.41. The van der Waals surface area contributed by atoms with Crippen LogP contribution in [-0.4, -0.2) is 22.6 Å². The first-order chi connectivity index (χ1) is 5.33. The molecule has 0 saturated heterocycles. The summed E-state index contributed by atoms with van der Waals surface area (Å²) in [6, 6.07) is 1.91. The zero-order chi connectivity index (χ0) is 8.10. The molecule has 0 amide bonds. The van der Waals surface area contributed by atoms with E-state index in [9.17, 15) is 0 Å². The lowest BCUT2D eigenvalue weighted by Gasteiger charge is -1.92. The third-order valence-electron chi connectivity index (χ3n) is 1.16. The number of aliphatic hydroxyl groups is 1. The average molecular weight is 173 g/mol. The number of aliphatic hydroxyl groups excluding tert-OH is 1. The van der Waals surface area contributed by atoms with Crippen LogP contribution in [0, 0.1) is 6.92 Å². The van der Waals surface area contributed by atoms with Crippen LogP contribution >= 0.6 is 11.8 Å². The lowest BCUT2D eigenvalue weighted by Crippen LogP contribution is -1.86. The highest BCUT2D eigenvalue weighted by Gasteiger charge is 1.98. The zero-order valence-corrected chi connectivity index (χ0v) is 7.23. The Morgan fingerprint density at radius 2 is 2.55 bits per heavy atom. The van der Waals surface area contributed by atoms with Crippen molar-refractivity contribution in [2.45, 2.75) is 12.7 Å². The molecule has 11 heavy (non-hydrogen) atoms. The molecule has 0 aromatic carbocycles. The molecule has 0 bridgehead atoms. The van der Waals surface area contributed by atoms with Gasteiger partial charge in [-0.1, -0.05) is 5.16 Å². The number of hydrogen-bond acceptors (Lipinski definition) is 4. The van der Waals surface area contributed by atoms with Crippen LogP contribution in [0.4, 0.5) is 0 Å². The standard InChI is InChI=1S/C7H11NO2S/c1-6-4-7(10-8-6)5-11-3-2-9/h4,9H,2-3,5H2,1H3. The maximum absolute atomic E-state index is 8.48. The summed E-state index contributed by atoms with van der Waals surface area (Å²) < 4.78 is 4.96. The summed E-state index contributed by atoms with van der Waals surface area (Å²) in [5.41, 5.74) is 0.907. The van der Waals surface area contributed by atoms with Crippen LogP contribution < -0.4 is 0 Å². The second kappa shape index (κ2) is 4.41. The summed E-state index contributed by atoms with van der Waals surface area (Å²) >= 11 is 1.64. The van der Waals surface area contributed by atoms with Gasteiger partial charge in [0.05, 0.1) is 18.1 Å². The van der Waals surface area contributed by atoms with E-state index in [2.05, 4.69) is 5.16 Å². The van der Waals surface area contributed by atoms with Gasteiger partial charge in [0.2, 0.25) is 0 Å². The molecule has 4 heteroatoms. The van der Waals surface area contributed by atoms with E-state index in [0.29, 0.717) is 0 Å². The van der Waals surface area contributed by atoms with Crippen molar-refractivity contribution in [1.29, 1.82) is 0 Å². The van der Waals surface area contributed by atoms with Crippen LogP contribution in [0.5, 0.6) is 0 Å². The molecule has 0 saturated carbocycles. The molecular formula is C7H11NO2S. The van der Waals surface area contributed by atoms with Crippen molar-refractivity contribution < 1.29 is 9.63 Å². The van der Waals surface area contributed by atoms with Gasteiger partial charge in [-0.15, -0.1) is 0 Å². The molecule has 62 valence electrons. The van der Waals surface area contributed by atoms with E-state index in [1.807, 2.05) is 13.0 Å². The Balaban J connectivity index is 2.27. The summed E-state index contributed by atoms with van der Waals surface area (Å²) in [7, 11) is 0. The van der Waals surface area contributed by atoms with Crippen LogP contribution in [0.3, 0.4) is 0 Å². The van der Waals surface area contributed by atoms with Gasteiger partial charge in [0.25, 0.3) is 0 Å². The largest absolute Gasteiger partial charge is 0.396 e. The highest BCUT2D eigenvalue weighted by molar-refractivity contribution is 7.98. The molecule has 0 fully saturated rings. The molecule has 3 nitrogen and oxygen atoms in total. The van der Waals surface area contributed by atoms with Crippen molar-refractivity contribution in [3.63, 3.8) is 0 Å². The molecule has 1 rings (SSSR count). The third-order valence-corrected chi connectivity index (χ3v) is 2.12. The van der Waals surface area contributed by atoms with E-state index in [-0.39, 0.29) is 6.61 Å². The number of aromatic nitrogens is 1. The predicted molar refractivity (Wildman–Crippen MR) is 44.5 cm³/mol. The van der Waals surface area contributed by atoms with Crippen LogP contribution in [0.25, 0.3) is 0 Å². The molecule has 0 aliphatic rings. The van der Waals surface area contributed by atoms with Crippen LogP contribution in [-0.2, 0) is 5.75 Å². The van der Waals surface area contributed by atoms with Crippen molar-refractivity contribution in [3.05, 3.63) is 17.5 Å². The molecule has 0 unspecified atom stereocenters. The van der Waals surface area contributed by atoms with Crippen molar-refractivity contribution in [1.82, 2.24) is 5.16 Å². The monoisotopic (exact) mass is 173 g/mol. The first-order valence-corrected chi connectivity index (χ1v) is 4.59. The summed E-state index contributed by atoms with van der Waals surface area (Å²) in [5, 5.41) is 12.2. The van der Waals surface area contributed by atoms with Crippen LogP contribution in [0.1, 0.15) is 11.5 Å². The molecular weight excluding hydrogens is 162 g/mol. The number of rotatable bonds is 4. The molecule has 0 atom stereocenters. The third kappa shape index (κ3) is 2.95. The van der Waals surface area contributed by atoms with E-state index >= 15 is 0 Å². The lowest BCUT2D eigenvalue weighted by molar-refractivity contribution is 0.322. The second-order valence-electron chi connectivity index (χ2n) is 2.21. The topological polar surface area (TPSA) is 46.3 Å². The van der Waals surface area contributed by atoms with E-state index in [1.54, 1.807) is 11.8 Å². The number of nitrogens with zero attached hydrogens (tertiary/aromatic N) is 1. The summed E-state index contributed by atoms with van der Waals surface area (Å²) in [6.45, 7) is 2.11. The Hall–Kier alpha value is -0.480. The van der Waals surface area contributed by atoms with E-state index in [0.717, 1.165) is 23.0 Å². The fourth-order valence-corrected chi connectivity index (χ4v) is 1.33. The average Bonchev–Trinajstić information content (AvgIpc) is 2.37. The lowest BCUT2D eigenvalue weighted by atomic mass is 10.4. The fraction of sp³-hybridized carbons (Fsp3) is 0.571. The molecule has 1 aromatic rings. The summed E-state index contributed by atoms with van der Waals surface area (Å²) in [6.07, 6.45) is 0. The Morgan fingerprint density at radius 1 is 1.73 bits per heavy atom. The van der Waals surface area contributed by atoms with Gasteiger partial charge >= 0.3 is 0 Å². The smallest absolute Gasteiger partial charge is 0.146 e. The van der Waals surface area contributed by atoms with Gasteiger partial charge in [-0.2, -0.15) is 11.8 Å². The van der Waals surface area contributed by atoms with Gasteiger partial charge in [0.1, 0.15) is 5.76 Å². The minimum absolute atomic E-state index is 0.220. The van der Waals surface area contributed by atoms with E-state index in [4.69, 9.17) is 9.63 Å². The molecule has 1 aromatic heterocycles. The van der Waals surface area contributed by atoms with Gasteiger partial charge < -0.3 is 9.63 Å². The maximum atomic E-state index is 8.48. The first kappa shape index (κ1) is 8.62. The van der Waals surface area contributed by atoms with Crippen molar-refractivity contribution >= 4 is 11.8 Å². The predicted octanol–water partition coefficient (Wildman–Crippen LogP) is 1.21. The van der Waals surface area contributed by atoms with Crippen molar-refractivity contribution in [2.75, 3.05) is 12.4 Å². The van der Waals surface area contributed by atoms with Crippen molar-refractivity contribution in [2.24, 2.45) is 0 Å². The fourth-order valence-electron chi connectivity index (χ4n) is 0.722. The summed E-state index contributed by atoms with van der Waals surface area (Å²) in [4.78, 5) is 0. The van der Waals surface area contributed by atoms with Gasteiger partial charge in [0, 0.05) is 11.8 Å². The Morgan fingerprint density at radius 3 is 3.09 bits per heavy atom. The second-order valence-corrected chi connectivity index (χ2v) is 3.32. The van der Waals surface area contributed by atoms with Crippen molar-refractivity contribution in [3.8, 4) is 0 Å². The minimum atomic E-state index is 0.220. The van der Waals surface area contributed by atoms with Gasteiger partial charge in [0.15, 0.2) is 0 Å². The van der Waals surface area contributed by atoms with Gasteiger partial charge in [-0.25, -0.2) is 0 Å². The number of thioether (sulfide) groups is 1. The molecule has 1 N–H and O–H groups in total. The normalized spacial score (nSPS) is 10.4. The number of hydrogen-bond donors (Lipinski definition) is 1. The quantitative estimate of drug-likeness (QED) is 0.695.